The lowest BCUT2D eigenvalue weighted by Gasteiger charge is -2.23. The van der Waals surface area contributed by atoms with E-state index >= 15 is 0 Å². The zero-order chi connectivity index (χ0) is 13.3. The van der Waals surface area contributed by atoms with Crippen LogP contribution in [0.25, 0.3) is 0 Å². The minimum Gasteiger partial charge on any atom is -0.496 e. The van der Waals surface area contributed by atoms with Gasteiger partial charge in [-0.2, -0.15) is 0 Å². The highest BCUT2D eigenvalue weighted by molar-refractivity contribution is 9.10. The largest absolute Gasteiger partial charge is 0.496 e. The lowest BCUT2D eigenvalue weighted by atomic mass is 9.80. The zero-order valence-electron chi connectivity index (χ0n) is 10.6. The number of hydrogen-bond acceptors (Lipinski definition) is 2. The molecule has 0 heterocycles. The van der Waals surface area contributed by atoms with Crippen molar-refractivity contribution in [2.75, 3.05) is 7.11 Å². The molecule has 2 nitrogen and oxygen atoms in total. The van der Waals surface area contributed by atoms with Gasteiger partial charge in [0.2, 0.25) is 0 Å². The van der Waals surface area contributed by atoms with E-state index in [4.69, 9.17) is 4.74 Å². The van der Waals surface area contributed by atoms with Gasteiger partial charge in [-0.15, -0.1) is 0 Å². The molecule has 0 aromatic heterocycles. The SMILES string of the molecule is COc1cc(F)c(Br)cc1C(=O)C1(C)CCCC1. The van der Waals surface area contributed by atoms with E-state index in [-0.39, 0.29) is 11.2 Å². The Kier molecular flexibility index (Phi) is 3.76. The Morgan fingerprint density at radius 1 is 1.39 bits per heavy atom. The Labute approximate surface area is 115 Å². The summed E-state index contributed by atoms with van der Waals surface area (Å²) in [5, 5.41) is 0. The Bertz CT molecular complexity index is 479. The van der Waals surface area contributed by atoms with Crippen LogP contribution in [0, 0.1) is 11.2 Å². The minimum atomic E-state index is -0.417. The third kappa shape index (κ3) is 2.30. The van der Waals surface area contributed by atoms with Gasteiger partial charge >= 0.3 is 0 Å². The molecule has 0 unspecified atom stereocenters. The minimum absolute atomic E-state index is 0.0533. The summed E-state index contributed by atoms with van der Waals surface area (Å²) in [5.74, 6) is -0.0497. The molecular formula is C14H16BrFO2. The summed E-state index contributed by atoms with van der Waals surface area (Å²) in [5.41, 5.74) is 0.139. The molecule has 1 aromatic carbocycles. The predicted molar refractivity (Wildman–Crippen MR) is 71.6 cm³/mol. The quantitative estimate of drug-likeness (QED) is 0.775. The van der Waals surface area contributed by atoms with Gasteiger partial charge in [-0.3, -0.25) is 4.79 Å². The van der Waals surface area contributed by atoms with Crippen LogP contribution in [0.4, 0.5) is 4.39 Å². The average molecular weight is 315 g/mol. The number of rotatable bonds is 3. The first-order chi connectivity index (χ1) is 8.48. The van der Waals surface area contributed by atoms with Gasteiger partial charge in [-0.25, -0.2) is 4.39 Å². The van der Waals surface area contributed by atoms with Crippen molar-refractivity contribution in [1.29, 1.82) is 0 Å². The molecule has 0 spiro atoms. The van der Waals surface area contributed by atoms with E-state index in [1.165, 1.54) is 19.2 Å². The summed E-state index contributed by atoms with van der Waals surface area (Å²) in [4.78, 5) is 12.6. The molecule has 4 heteroatoms. The fraction of sp³-hybridized carbons (Fsp3) is 0.500. The van der Waals surface area contributed by atoms with Gasteiger partial charge in [0.1, 0.15) is 11.6 Å². The molecule has 1 aliphatic carbocycles. The molecule has 1 aromatic rings. The maximum Gasteiger partial charge on any atom is 0.172 e. The van der Waals surface area contributed by atoms with Crippen molar-refractivity contribution in [3.8, 4) is 5.75 Å². The van der Waals surface area contributed by atoms with Gasteiger partial charge in [0.25, 0.3) is 0 Å². The number of Topliss-reactive ketones (excluding diaryl/α,β-unsaturated/α-hetero) is 1. The molecule has 18 heavy (non-hydrogen) atoms. The van der Waals surface area contributed by atoms with Gasteiger partial charge in [0.15, 0.2) is 5.78 Å². The van der Waals surface area contributed by atoms with Gasteiger partial charge < -0.3 is 4.74 Å². The number of methoxy groups -OCH3 is 1. The molecule has 1 saturated carbocycles. The lowest BCUT2D eigenvalue weighted by molar-refractivity contribution is 0.0820. The van der Waals surface area contributed by atoms with Crippen LogP contribution < -0.4 is 4.74 Å². The smallest absolute Gasteiger partial charge is 0.172 e. The summed E-state index contributed by atoms with van der Waals surface area (Å²) in [6.07, 6.45) is 3.94. The molecule has 0 saturated heterocycles. The van der Waals surface area contributed by atoms with E-state index < -0.39 is 5.82 Å². The summed E-state index contributed by atoms with van der Waals surface area (Å²) >= 11 is 3.12. The number of carbonyl (C=O) groups excluding carboxylic acids is 1. The van der Waals surface area contributed by atoms with Crippen LogP contribution in [-0.4, -0.2) is 12.9 Å². The van der Waals surface area contributed by atoms with Crippen LogP contribution in [0.2, 0.25) is 0 Å². The first-order valence-corrected chi connectivity index (χ1v) is 6.85. The molecule has 0 bridgehead atoms. The Morgan fingerprint density at radius 2 is 2.00 bits per heavy atom. The molecule has 0 amide bonds. The van der Waals surface area contributed by atoms with E-state index in [1.807, 2.05) is 6.92 Å². The molecule has 0 aliphatic heterocycles. The van der Waals surface area contributed by atoms with Crippen molar-refractivity contribution in [1.82, 2.24) is 0 Å². The van der Waals surface area contributed by atoms with Crippen LogP contribution in [0.1, 0.15) is 43.0 Å². The fourth-order valence-corrected chi connectivity index (χ4v) is 2.93. The molecule has 1 fully saturated rings. The van der Waals surface area contributed by atoms with Crippen LogP contribution in [-0.2, 0) is 0 Å². The standard InChI is InChI=1S/C14H16BrFO2/c1-14(5-3-4-6-14)13(17)9-7-10(15)11(16)8-12(9)18-2/h7-8H,3-6H2,1-2H3. The second-order valence-corrected chi connectivity index (χ2v) is 5.92. The normalized spacial score (nSPS) is 17.8. The van der Waals surface area contributed by atoms with E-state index in [1.54, 1.807) is 0 Å². The molecular weight excluding hydrogens is 299 g/mol. The highest BCUT2D eigenvalue weighted by Gasteiger charge is 2.38. The molecule has 1 aliphatic rings. The van der Waals surface area contributed by atoms with Gasteiger partial charge in [0.05, 0.1) is 17.1 Å². The number of benzene rings is 1. The first kappa shape index (κ1) is 13.5. The van der Waals surface area contributed by atoms with E-state index in [2.05, 4.69) is 15.9 Å². The number of ether oxygens (including phenoxy) is 1. The molecule has 0 atom stereocenters. The highest BCUT2D eigenvalue weighted by Crippen LogP contribution is 2.42. The fourth-order valence-electron chi connectivity index (χ4n) is 2.58. The van der Waals surface area contributed by atoms with Crippen molar-refractivity contribution in [3.05, 3.63) is 28.0 Å². The van der Waals surface area contributed by atoms with Crippen molar-refractivity contribution in [2.45, 2.75) is 32.6 Å². The number of halogens is 2. The highest BCUT2D eigenvalue weighted by atomic mass is 79.9. The maximum absolute atomic E-state index is 13.4. The third-order valence-electron chi connectivity index (χ3n) is 3.74. The lowest BCUT2D eigenvalue weighted by Crippen LogP contribution is -2.25. The third-order valence-corrected chi connectivity index (χ3v) is 4.35. The number of hydrogen-bond donors (Lipinski definition) is 0. The van der Waals surface area contributed by atoms with Crippen molar-refractivity contribution in [3.63, 3.8) is 0 Å². The van der Waals surface area contributed by atoms with Gasteiger partial charge in [-0.05, 0) is 34.8 Å². The monoisotopic (exact) mass is 314 g/mol. The maximum atomic E-state index is 13.4. The Balaban J connectivity index is 2.44. The molecule has 0 radical (unpaired) electrons. The van der Waals surface area contributed by atoms with Crippen LogP contribution in [0.15, 0.2) is 16.6 Å². The van der Waals surface area contributed by atoms with Gasteiger partial charge in [-0.1, -0.05) is 19.8 Å². The number of ketones is 1. The van der Waals surface area contributed by atoms with Crippen LogP contribution >= 0.6 is 15.9 Å². The van der Waals surface area contributed by atoms with E-state index in [0.29, 0.717) is 15.8 Å². The first-order valence-electron chi connectivity index (χ1n) is 6.06. The second kappa shape index (κ2) is 5.00. The summed E-state index contributed by atoms with van der Waals surface area (Å²) in [6.45, 7) is 1.99. The Hall–Kier alpha value is -0.900. The topological polar surface area (TPSA) is 26.3 Å². The number of carbonyl (C=O) groups is 1. The van der Waals surface area contributed by atoms with E-state index in [0.717, 1.165) is 25.7 Å². The van der Waals surface area contributed by atoms with Crippen LogP contribution in [0.3, 0.4) is 0 Å². The zero-order valence-corrected chi connectivity index (χ0v) is 12.1. The Morgan fingerprint density at radius 3 is 2.56 bits per heavy atom. The molecule has 2 rings (SSSR count). The van der Waals surface area contributed by atoms with E-state index in [9.17, 15) is 9.18 Å². The van der Waals surface area contributed by atoms with Gasteiger partial charge in [0, 0.05) is 11.5 Å². The van der Waals surface area contributed by atoms with Crippen molar-refractivity contribution < 1.29 is 13.9 Å². The predicted octanol–water partition coefficient (Wildman–Crippen LogP) is 4.36. The molecule has 98 valence electrons. The summed E-state index contributed by atoms with van der Waals surface area (Å²) in [7, 11) is 1.45. The van der Waals surface area contributed by atoms with Crippen LogP contribution in [0.5, 0.6) is 5.75 Å². The van der Waals surface area contributed by atoms with Crippen molar-refractivity contribution in [2.24, 2.45) is 5.41 Å². The molecule has 0 N–H and O–H groups in total. The second-order valence-electron chi connectivity index (χ2n) is 5.06. The summed E-state index contributed by atoms with van der Waals surface area (Å²) < 4.78 is 18.9. The average Bonchev–Trinajstić information content (AvgIpc) is 2.79. The van der Waals surface area contributed by atoms with Crippen molar-refractivity contribution >= 4 is 21.7 Å². The summed E-state index contributed by atoms with van der Waals surface area (Å²) in [6, 6.07) is 2.79.